The maximum atomic E-state index is 12.8. The van der Waals surface area contributed by atoms with E-state index in [1.54, 1.807) is 31.1 Å². The molecule has 1 aliphatic rings. The average Bonchev–Trinajstić information content (AvgIpc) is 2.74. The Morgan fingerprint density at radius 2 is 1.93 bits per heavy atom. The van der Waals surface area contributed by atoms with Gasteiger partial charge in [-0.1, -0.05) is 0 Å². The van der Waals surface area contributed by atoms with Gasteiger partial charge < -0.3 is 4.90 Å². The third kappa shape index (κ3) is 3.67. The fourth-order valence-corrected chi connectivity index (χ4v) is 3.47. The highest BCUT2D eigenvalue weighted by molar-refractivity contribution is 5.92. The van der Waals surface area contributed by atoms with Crippen molar-refractivity contribution in [1.29, 1.82) is 0 Å². The van der Waals surface area contributed by atoms with Gasteiger partial charge in [-0.15, -0.1) is 0 Å². The lowest BCUT2D eigenvalue weighted by atomic mass is 9.90. The Labute approximate surface area is 157 Å². The van der Waals surface area contributed by atoms with E-state index in [-0.39, 0.29) is 11.8 Å². The number of aromatic nitrogens is 5. The third-order valence-electron chi connectivity index (χ3n) is 4.83. The molecule has 0 radical (unpaired) electrons. The first-order valence-electron chi connectivity index (χ1n) is 9.00. The number of likely N-dealkylation sites (tertiary alicyclic amines) is 1. The summed E-state index contributed by atoms with van der Waals surface area (Å²) in [7, 11) is 0. The highest BCUT2D eigenvalue weighted by atomic mass is 16.2. The standard InChI is InChI=1S/C20H20N6O/c1-14-9-24-18(11-23-14)20(27)26-8-2-3-16(12-26)19-17(10-22-13-25-19)15-4-6-21-7-5-15/h4-7,9-11,13,16H,2-3,8,12H2,1H3/t16-/m1/s1. The lowest BCUT2D eigenvalue weighted by Crippen LogP contribution is -2.39. The molecule has 0 aliphatic carbocycles. The minimum atomic E-state index is -0.0771. The van der Waals surface area contributed by atoms with Crippen molar-refractivity contribution in [3.63, 3.8) is 0 Å². The van der Waals surface area contributed by atoms with Gasteiger partial charge in [0.1, 0.15) is 12.0 Å². The number of carbonyl (C=O) groups excluding carboxylic acids is 1. The number of aryl methyl sites for hydroxylation is 1. The van der Waals surface area contributed by atoms with Crippen molar-refractivity contribution in [3.8, 4) is 11.1 Å². The van der Waals surface area contributed by atoms with Crippen molar-refractivity contribution in [1.82, 2.24) is 29.8 Å². The van der Waals surface area contributed by atoms with Crippen LogP contribution < -0.4 is 0 Å². The molecule has 1 aliphatic heterocycles. The second-order valence-electron chi connectivity index (χ2n) is 6.69. The van der Waals surface area contributed by atoms with Crippen molar-refractivity contribution in [2.45, 2.75) is 25.7 Å². The molecule has 136 valence electrons. The van der Waals surface area contributed by atoms with Gasteiger partial charge in [0.15, 0.2) is 0 Å². The zero-order valence-electron chi connectivity index (χ0n) is 15.1. The highest BCUT2D eigenvalue weighted by Crippen LogP contribution is 2.32. The van der Waals surface area contributed by atoms with Crippen LogP contribution in [0.5, 0.6) is 0 Å². The minimum absolute atomic E-state index is 0.0771. The maximum Gasteiger partial charge on any atom is 0.274 e. The zero-order valence-corrected chi connectivity index (χ0v) is 15.1. The van der Waals surface area contributed by atoms with Gasteiger partial charge >= 0.3 is 0 Å². The van der Waals surface area contributed by atoms with Crippen molar-refractivity contribution in [2.24, 2.45) is 0 Å². The lowest BCUT2D eigenvalue weighted by molar-refractivity contribution is 0.0699. The Balaban J connectivity index is 1.59. The van der Waals surface area contributed by atoms with E-state index in [0.29, 0.717) is 12.2 Å². The maximum absolute atomic E-state index is 12.8. The molecule has 1 saturated heterocycles. The first-order chi connectivity index (χ1) is 13.2. The first-order valence-corrected chi connectivity index (χ1v) is 9.00. The summed E-state index contributed by atoms with van der Waals surface area (Å²) in [6.07, 6.45) is 12.0. The number of amides is 1. The monoisotopic (exact) mass is 360 g/mol. The quantitative estimate of drug-likeness (QED) is 0.714. The first kappa shape index (κ1) is 17.2. The van der Waals surface area contributed by atoms with Crippen LogP contribution in [-0.2, 0) is 0 Å². The van der Waals surface area contributed by atoms with E-state index in [1.165, 1.54) is 0 Å². The van der Waals surface area contributed by atoms with Gasteiger partial charge in [0, 0.05) is 49.4 Å². The minimum Gasteiger partial charge on any atom is -0.337 e. The van der Waals surface area contributed by atoms with Crippen molar-refractivity contribution >= 4 is 5.91 Å². The molecule has 7 heteroatoms. The predicted octanol–water partition coefficient (Wildman–Crippen LogP) is 2.66. The summed E-state index contributed by atoms with van der Waals surface area (Å²) in [5.74, 6) is 0.0824. The van der Waals surface area contributed by atoms with Gasteiger partial charge in [-0.2, -0.15) is 0 Å². The van der Waals surface area contributed by atoms with Crippen molar-refractivity contribution in [3.05, 3.63) is 66.5 Å². The molecule has 4 rings (SSSR count). The van der Waals surface area contributed by atoms with Crippen LogP contribution in [0.25, 0.3) is 11.1 Å². The average molecular weight is 360 g/mol. The normalized spacial score (nSPS) is 16.9. The van der Waals surface area contributed by atoms with Crippen molar-refractivity contribution < 1.29 is 4.79 Å². The van der Waals surface area contributed by atoms with E-state index in [9.17, 15) is 4.79 Å². The fourth-order valence-electron chi connectivity index (χ4n) is 3.47. The molecule has 0 aromatic carbocycles. The van der Waals surface area contributed by atoms with E-state index in [4.69, 9.17) is 0 Å². The molecule has 3 aromatic rings. The van der Waals surface area contributed by atoms with Gasteiger partial charge in [-0.05, 0) is 37.5 Å². The molecule has 3 aromatic heterocycles. The van der Waals surface area contributed by atoms with E-state index in [1.807, 2.05) is 30.2 Å². The van der Waals surface area contributed by atoms with Crippen LogP contribution in [-0.4, -0.2) is 48.8 Å². The fraction of sp³-hybridized carbons (Fsp3) is 0.300. The molecule has 0 unspecified atom stereocenters. The second-order valence-corrected chi connectivity index (χ2v) is 6.69. The third-order valence-corrected chi connectivity index (χ3v) is 4.83. The van der Waals surface area contributed by atoms with E-state index in [0.717, 1.165) is 41.9 Å². The highest BCUT2D eigenvalue weighted by Gasteiger charge is 2.28. The predicted molar refractivity (Wildman–Crippen MR) is 99.9 cm³/mol. The van der Waals surface area contributed by atoms with Crippen LogP contribution in [0.3, 0.4) is 0 Å². The van der Waals surface area contributed by atoms with Crippen LogP contribution in [0.4, 0.5) is 0 Å². The lowest BCUT2D eigenvalue weighted by Gasteiger charge is -2.33. The van der Waals surface area contributed by atoms with Gasteiger partial charge in [-0.25, -0.2) is 15.0 Å². The number of nitrogens with zero attached hydrogens (tertiary/aromatic N) is 6. The van der Waals surface area contributed by atoms with Gasteiger partial charge in [-0.3, -0.25) is 14.8 Å². The number of carbonyl (C=O) groups is 1. The molecule has 0 spiro atoms. The van der Waals surface area contributed by atoms with Gasteiger partial charge in [0.2, 0.25) is 0 Å². The Kier molecular flexibility index (Phi) is 4.82. The summed E-state index contributed by atoms with van der Waals surface area (Å²) in [4.78, 5) is 35.9. The summed E-state index contributed by atoms with van der Waals surface area (Å²) < 4.78 is 0. The Hall–Kier alpha value is -3.22. The van der Waals surface area contributed by atoms with Crippen LogP contribution in [0.2, 0.25) is 0 Å². The molecule has 0 saturated carbocycles. The van der Waals surface area contributed by atoms with E-state index >= 15 is 0 Å². The zero-order chi connectivity index (χ0) is 18.6. The molecular weight excluding hydrogens is 340 g/mol. The smallest absolute Gasteiger partial charge is 0.274 e. The van der Waals surface area contributed by atoms with Gasteiger partial charge in [0.05, 0.1) is 17.6 Å². The Bertz CT molecular complexity index is 929. The van der Waals surface area contributed by atoms with E-state index < -0.39 is 0 Å². The molecule has 0 N–H and O–H groups in total. The Morgan fingerprint density at radius 3 is 2.70 bits per heavy atom. The number of rotatable bonds is 3. The van der Waals surface area contributed by atoms with E-state index in [2.05, 4.69) is 24.9 Å². The molecule has 27 heavy (non-hydrogen) atoms. The number of piperidine rings is 1. The summed E-state index contributed by atoms with van der Waals surface area (Å²) in [6, 6.07) is 3.91. The molecule has 0 bridgehead atoms. The summed E-state index contributed by atoms with van der Waals surface area (Å²) in [5.41, 5.74) is 4.19. The largest absolute Gasteiger partial charge is 0.337 e. The molecule has 4 heterocycles. The number of pyridine rings is 1. The topological polar surface area (TPSA) is 84.8 Å². The molecular formula is C20H20N6O. The molecule has 1 amide bonds. The van der Waals surface area contributed by atoms with Crippen LogP contribution in [0.1, 0.15) is 40.6 Å². The summed E-state index contributed by atoms with van der Waals surface area (Å²) in [6.45, 7) is 3.19. The van der Waals surface area contributed by atoms with Crippen molar-refractivity contribution in [2.75, 3.05) is 13.1 Å². The Morgan fingerprint density at radius 1 is 1.07 bits per heavy atom. The SMILES string of the molecule is Cc1cnc(C(=O)N2CCC[C@@H](c3ncncc3-c3ccncc3)C2)cn1. The van der Waals surface area contributed by atoms with Crippen LogP contribution >= 0.6 is 0 Å². The number of hydrogen-bond acceptors (Lipinski definition) is 6. The summed E-state index contributed by atoms with van der Waals surface area (Å²) >= 11 is 0. The van der Waals surface area contributed by atoms with Crippen LogP contribution in [0, 0.1) is 6.92 Å². The molecule has 1 atom stereocenters. The van der Waals surface area contributed by atoms with Crippen LogP contribution in [0.15, 0.2) is 49.4 Å². The number of hydrogen-bond donors (Lipinski definition) is 0. The molecule has 7 nitrogen and oxygen atoms in total. The summed E-state index contributed by atoms with van der Waals surface area (Å²) in [5, 5.41) is 0. The van der Waals surface area contributed by atoms with Gasteiger partial charge in [0.25, 0.3) is 5.91 Å². The molecule has 1 fully saturated rings. The second kappa shape index (κ2) is 7.57.